The van der Waals surface area contributed by atoms with Gasteiger partial charge >= 0.3 is 5.97 Å². The zero-order chi connectivity index (χ0) is 11.1. The van der Waals surface area contributed by atoms with E-state index in [9.17, 15) is 4.79 Å². The number of hydrogen-bond acceptors (Lipinski definition) is 1. The molecule has 1 fully saturated rings. The standard InChI is InChI=1S/C12H13BrO2/c1-8(11(14)15)12(6-7-12)9-4-2-3-5-10(9)13/h2-5,8H,6-7H2,1H3,(H,14,15). The molecule has 1 saturated carbocycles. The van der Waals surface area contributed by atoms with Crippen LogP contribution in [0.25, 0.3) is 0 Å². The summed E-state index contributed by atoms with van der Waals surface area (Å²) in [5, 5.41) is 9.09. The SMILES string of the molecule is CC(C(=O)O)C1(c2ccccc2Br)CC1. The molecule has 0 saturated heterocycles. The molecule has 1 aliphatic rings. The van der Waals surface area contributed by atoms with E-state index in [1.54, 1.807) is 6.92 Å². The summed E-state index contributed by atoms with van der Waals surface area (Å²) in [6, 6.07) is 7.92. The van der Waals surface area contributed by atoms with E-state index in [1.807, 2.05) is 24.3 Å². The minimum Gasteiger partial charge on any atom is -0.481 e. The summed E-state index contributed by atoms with van der Waals surface area (Å²) in [7, 11) is 0. The van der Waals surface area contributed by atoms with E-state index >= 15 is 0 Å². The summed E-state index contributed by atoms with van der Waals surface area (Å²) < 4.78 is 1.02. The smallest absolute Gasteiger partial charge is 0.307 e. The maximum absolute atomic E-state index is 11.1. The molecule has 2 nitrogen and oxygen atoms in total. The molecule has 1 aliphatic carbocycles. The molecule has 0 heterocycles. The molecule has 3 heteroatoms. The Labute approximate surface area is 97.4 Å². The quantitative estimate of drug-likeness (QED) is 0.914. The van der Waals surface area contributed by atoms with Crippen molar-refractivity contribution in [2.45, 2.75) is 25.2 Å². The topological polar surface area (TPSA) is 37.3 Å². The third kappa shape index (κ3) is 1.69. The molecule has 15 heavy (non-hydrogen) atoms. The zero-order valence-electron chi connectivity index (χ0n) is 8.53. The summed E-state index contributed by atoms with van der Waals surface area (Å²) in [5.74, 6) is -1.01. The number of halogens is 1. The van der Waals surface area contributed by atoms with Crippen LogP contribution in [0.3, 0.4) is 0 Å². The first-order chi connectivity index (χ1) is 7.08. The van der Waals surface area contributed by atoms with Crippen molar-refractivity contribution in [3.05, 3.63) is 34.3 Å². The fraction of sp³-hybridized carbons (Fsp3) is 0.417. The number of hydrogen-bond donors (Lipinski definition) is 1. The molecule has 0 amide bonds. The van der Waals surface area contributed by atoms with Crippen LogP contribution in [0.1, 0.15) is 25.3 Å². The molecule has 1 aromatic rings. The molecule has 1 N–H and O–H groups in total. The highest BCUT2D eigenvalue weighted by Crippen LogP contribution is 2.55. The van der Waals surface area contributed by atoms with Crippen LogP contribution in [0.15, 0.2) is 28.7 Å². The molecule has 1 unspecified atom stereocenters. The molecule has 2 rings (SSSR count). The largest absolute Gasteiger partial charge is 0.481 e. The number of rotatable bonds is 3. The minimum atomic E-state index is -0.705. The van der Waals surface area contributed by atoms with Crippen LogP contribution in [0.2, 0.25) is 0 Å². The maximum Gasteiger partial charge on any atom is 0.307 e. The highest BCUT2D eigenvalue weighted by atomic mass is 79.9. The normalized spacial score (nSPS) is 19.6. The van der Waals surface area contributed by atoms with Gasteiger partial charge in [0.15, 0.2) is 0 Å². The van der Waals surface area contributed by atoms with Gasteiger partial charge in [0.25, 0.3) is 0 Å². The van der Waals surface area contributed by atoms with Crippen LogP contribution in [0.5, 0.6) is 0 Å². The van der Waals surface area contributed by atoms with Crippen molar-refractivity contribution in [3.8, 4) is 0 Å². The van der Waals surface area contributed by atoms with E-state index in [2.05, 4.69) is 15.9 Å². The Morgan fingerprint density at radius 1 is 1.47 bits per heavy atom. The summed E-state index contributed by atoms with van der Waals surface area (Å²) in [4.78, 5) is 11.1. The van der Waals surface area contributed by atoms with Gasteiger partial charge in [-0.05, 0) is 24.5 Å². The molecule has 0 radical (unpaired) electrons. The van der Waals surface area contributed by atoms with Crippen LogP contribution < -0.4 is 0 Å². The first-order valence-electron chi connectivity index (χ1n) is 5.06. The number of carboxylic acid groups (broad SMARTS) is 1. The summed E-state index contributed by atoms with van der Waals surface area (Å²) >= 11 is 3.50. The Bertz CT molecular complexity index is 396. The van der Waals surface area contributed by atoms with E-state index < -0.39 is 5.97 Å². The van der Waals surface area contributed by atoms with Crippen LogP contribution in [-0.2, 0) is 10.2 Å². The predicted molar refractivity (Wildman–Crippen MR) is 61.9 cm³/mol. The molecule has 0 bridgehead atoms. The molecule has 80 valence electrons. The van der Waals surface area contributed by atoms with Gasteiger partial charge in [0.1, 0.15) is 0 Å². The fourth-order valence-electron chi connectivity index (χ4n) is 2.17. The summed E-state index contributed by atoms with van der Waals surface area (Å²) in [6.45, 7) is 1.80. The fourth-order valence-corrected chi connectivity index (χ4v) is 2.85. The van der Waals surface area contributed by atoms with Crippen LogP contribution in [-0.4, -0.2) is 11.1 Å². The van der Waals surface area contributed by atoms with E-state index in [1.165, 1.54) is 0 Å². The average molecular weight is 269 g/mol. The maximum atomic E-state index is 11.1. The lowest BCUT2D eigenvalue weighted by molar-refractivity contribution is -0.142. The highest BCUT2D eigenvalue weighted by Gasteiger charge is 2.52. The summed E-state index contributed by atoms with van der Waals surface area (Å²) in [6.07, 6.45) is 1.95. The number of carbonyl (C=O) groups is 1. The van der Waals surface area contributed by atoms with Crippen LogP contribution in [0.4, 0.5) is 0 Å². The molecule has 1 aromatic carbocycles. The second-order valence-corrected chi connectivity index (χ2v) is 5.05. The average Bonchev–Trinajstić information content (AvgIpc) is 2.98. The van der Waals surface area contributed by atoms with Crippen molar-refractivity contribution in [3.63, 3.8) is 0 Å². The van der Waals surface area contributed by atoms with Crippen molar-refractivity contribution < 1.29 is 9.90 Å². The molecule has 0 aliphatic heterocycles. The Hall–Kier alpha value is -0.830. The van der Waals surface area contributed by atoms with Gasteiger partial charge in [0, 0.05) is 9.89 Å². The van der Waals surface area contributed by atoms with E-state index in [0.29, 0.717) is 0 Å². The molecule has 0 spiro atoms. The van der Waals surface area contributed by atoms with E-state index in [4.69, 9.17) is 5.11 Å². The lowest BCUT2D eigenvalue weighted by atomic mass is 9.84. The van der Waals surface area contributed by atoms with Crippen molar-refractivity contribution >= 4 is 21.9 Å². The Balaban J connectivity index is 2.39. The zero-order valence-corrected chi connectivity index (χ0v) is 10.1. The Kier molecular flexibility index (Phi) is 2.59. The van der Waals surface area contributed by atoms with Gasteiger partial charge in [-0.15, -0.1) is 0 Å². The van der Waals surface area contributed by atoms with Crippen LogP contribution >= 0.6 is 15.9 Å². The van der Waals surface area contributed by atoms with Crippen molar-refractivity contribution in [2.24, 2.45) is 5.92 Å². The molecule has 0 aromatic heterocycles. The summed E-state index contributed by atoms with van der Waals surface area (Å²) in [5.41, 5.74) is 1.01. The van der Waals surface area contributed by atoms with Gasteiger partial charge in [-0.1, -0.05) is 41.1 Å². The van der Waals surface area contributed by atoms with Gasteiger partial charge < -0.3 is 5.11 Å². The second-order valence-electron chi connectivity index (χ2n) is 4.20. The van der Waals surface area contributed by atoms with Crippen molar-refractivity contribution in [1.82, 2.24) is 0 Å². The predicted octanol–water partition coefficient (Wildman–Crippen LogP) is 3.20. The minimum absolute atomic E-state index is 0.133. The van der Waals surface area contributed by atoms with Gasteiger partial charge in [-0.25, -0.2) is 0 Å². The number of benzene rings is 1. The third-order valence-corrected chi connectivity index (χ3v) is 4.09. The lowest BCUT2D eigenvalue weighted by Gasteiger charge is -2.21. The van der Waals surface area contributed by atoms with E-state index in [0.717, 1.165) is 22.9 Å². The first-order valence-corrected chi connectivity index (χ1v) is 5.85. The number of aliphatic carboxylic acids is 1. The van der Waals surface area contributed by atoms with Crippen LogP contribution in [0, 0.1) is 5.92 Å². The monoisotopic (exact) mass is 268 g/mol. The van der Waals surface area contributed by atoms with Gasteiger partial charge in [-0.3, -0.25) is 4.79 Å². The van der Waals surface area contributed by atoms with Gasteiger partial charge in [0.05, 0.1) is 5.92 Å². The third-order valence-electron chi connectivity index (χ3n) is 3.40. The molecule has 1 atom stereocenters. The van der Waals surface area contributed by atoms with Crippen molar-refractivity contribution in [2.75, 3.05) is 0 Å². The number of carboxylic acids is 1. The van der Waals surface area contributed by atoms with Crippen molar-refractivity contribution in [1.29, 1.82) is 0 Å². The Morgan fingerprint density at radius 2 is 2.07 bits per heavy atom. The molecular formula is C12H13BrO2. The second kappa shape index (κ2) is 3.63. The lowest BCUT2D eigenvalue weighted by Crippen LogP contribution is -2.25. The molecular weight excluding hydrogens is 256 g/mol. The highest BCUT2D eigenvalue weighted by molar-refractivity contribution is 9.10. The Morgan fingerprint density at radius 3 is 2.53 bits per heavy atom. The van der Waals surface area contributed by atoms with E-state index in [-0.39, 0.29) is 11.3 Å². The van der Waals surface area contributed by atoms with Gasteiger partial charge in [0.2, 0.25) is 0 Å². The first kappa shape index (κ1) is 10.7. The van der Waals surface area contributed by atoms with Gasteiger partial charge in [-0.2, -0.15) is 0 Å².